The number of likely N-dealkylation sites (N-methyl/N-ethyl adjacent to an activating group) is 2. The standard InChI is InChI=1S/C14H31N3O2/c1-7-9-15-14(3,13(18)19-8-2)12-17(6)11-10-16(4)5/h15H,7-12H2,1-6H3. The van der Waals surface area contributed by atoms with Crippen LogP contribution in [0.3, 0.4) is 0 Å². The normalized spacial score (nSPS) is 14.7. The molecule has 0 rings (SSSR count). The van der Waals surface area contributed by atoms with Crippen LogP contribution in [0.4, 0.5) is 0 Å². The maximum absolute atomic E-state index is 12.1. The number of carbonyl (C=O) groups excluding carboxylic acids is 1. The number of carbonyl (C=O) groups is 1. The van der Waals surface area contributed by atoms with Gasteiger partial charge in [0, 0.05) is 19.6 Å². The first-order chi connectivity index (χ1) is 8.85. The number of nitrogens with one attached hydrogen (secondary N) is 1. The van der Waals surface area contributed by atoms with Gasteiger partial charge in [-0.25, -0.2) is 0 Å². The molecule has 0 heterocycles. The third-order valence-corrected chi connectivity index (χ3v) is 3.01. The number of hydrogen-bond acceptors (Lipinski definition) is 5. The van der Waals surface area contributed by atoms with E-state index in [1.165, 1.54) is 0 Å². The molecule has 0 spiro atoms. The van der Waals surface area contributed by atoms with Crippen LogP contribution in [0, 0.1) is 0 Å². The highest BCUT2D eigenvalue weighted by Gasteiger charge is 2.35. The van der Waals surface area contributed by atoms with Crippen molar-refractivity contribution in [3.8, 4) is 0 Å². The van der Waals surface area contributed by atoms with Gasteiger partial charge < -0.3 is 19.9 Å². The molecule has 0 aromatic heterocycles. The van der Waals surface area contributed by atoms with Crippen LogP contribution in [0.25, 0.3) is 0 Å². The van der Waals surface area contributed by atoms with E-state index in [0.717, 1.165) is 26.1 Å². The van der Waals surface area contributed by atoms with Crippen LogP contribution in [-0.2, 0) is 9.53 Å². The SMILES string of the molecule is CCCNC(C)(CN(C)CCN(C)C)C(=O)OCC. The van der Waals surface area contributed by atoms with Crippen molar-refractivity contribution < 1.29 is 9.53 Å². The predicted octanol–water partition coefficient (Wildman–Crippen LogP) is 0.801. The summed E-state index contributed by atoms with van der Waals surface area (Å²) in [7, 11) is 6.13. The zero-order valence-electron chi connectivity index (χ0n) is 13.5. The molecule has 0 aliphatic rings. The van der Waals surface area contributed by atoms with Gasteiger partial charge in [-0.3, -0.25) is 4.79 Å². The molecule has 0 fully saturated rings. The quantitative estimate of drug-likeness (QED) is 0.597. The third-order valence-electron chi connectivity index (χ3n) is 3.01. The molecule has 0 bridgehead atoms. The topological polar surface area (TPSA) is 44.8 Å². The molecular formula is C14H31N3O2. The third kappa shape index (κ3) is 7.50. The van der Waals surface area contributed by atoms with Crippen LogP contribution < -0.4 is 5.32 Å². The second-order valence-electron chi connectivity index (χ2n) is 5.52. The van der Waals surface area contributed by atoms with E-state index >= 15 is 0 Å². The molecule has 19 heavy (non-hydrogen) atoms. The largest absolute Gasteiger partial charge is 0.465 e. The number of ether oxygens (including phenoxy) is 1. The summed E-state index contributed by atoms with van der Waals surface area (Å²) in [6.07, 6.45) is 0.996. The zero-order valence-corrected chi connectivity index (χ0v) is 13.5. The van der Waals surface area contributed by atoms with Crippen molar-refractivity contribution >= 4 is 5.97 Å². The molecule has 0 aliphatic carbocycles. The lowest BCUT2D eigenvalue weighted by Crippen LogP contribution is -2.57. The molecule has 1 unspecified atom stereocenters. The summed E-state index contributed by atoms with van der Waals surface area (Å²) >= 11 is 0. The Morgan fingerprint density at radius 1 is 1.21 bits per heavy atom. The fourth-order valence-corrected chi connectivity index (χ4v) is 1.87. The van der Waals surface area contributed by atoms with Crippen molar-refractivity contribution in [1.82, 2.24) is 15.1 Å². The van der Waals surface area contributed by atoms with Crippen molar-refractivity contribution in [2.45, 2.75) is 32.7 Å². The number of esters is 1. The molecule has 0 aromatic carbocycles. The summed E-state index contributed by atoms with van der Waals surface area (Å²) in [5.74, 6) is -0.167. The Kier molecular flexibility index (Phi) is 8.97. The van der Waals surface area contributed by atoms with Gasteiger partial charge in [0.2, 0.25) is 0 Å². The van der Waals surface area contributed by atoms with Crippen LogP contribution in [0.5, 0.6) is 0 Å². The molecule has 0 amide bonds. The molecule has 5 heteroatoms. The van der Waals surface area contributed by atoms with E-state index in [2.05, 4.69) is 22.0 Å². The summed E-state index contributed by atoms with van der Waals surface area (Å²) in [6, 6.07) is 0. The van der Waals surface area contributed by atoms with E-state index in [0.29, 0.717) is 13.2 Å². The van der Waals surface area contributed by atoms with Crippen molar-refractivity contribution in [3.05, 3.63) is 0 Å². The van der Waals surface area contributed by atoms with Crippen LogP contribution in [0.1, 0.15) is 27.2 Å². The molecule has 0 aromatic rings. The van der Waals surface area contributed by atoms with Gasteiger partial charge >= 0.3 is 5.97 Å². The highest BCUT2D eigenvalue weighted by atomic mass is 16.5. The molecule has 0 saturated heterocycles. The summed E-state index contributed by atoms with van der Waals surface area (Å²) < 4.78 is 5.19. The fraction of sp³-hybridized carbons (Fsp3) is 0.929. The van der Waals surface area contributed by atoms with Crippen LogP contribution >= 0.6 is 0 Å². The van der Waals surface area contributed by atoms with Gasteiger partial charge in [0.05, 0.1) is 6.61 Å². The fourth-order valence-electron chi connectivity index (χ4n) is 1.87. The van der Waals surface area contributed by atoms with Crippen LogP contribution in [0.2, 0.25) is 0 Å². The molecular weight excluding hydrogens is 242 g/mol. The van der Waals surface area contributed by atoms with Gasteiger partial charge in [0.25, 0.3) is 0 Å². The monoisotopic (exact) mass is 273 g/mol. The minimum absolute atomic E-state index is 0.167. The molecule has 1 atom stereocenters. The highest BCUT2D eigenvalue weighted by Crippen LogP contribution is 2.09. The molecule has 114 valence electrons. The minimum atomic E-state index is -0.632. The lowest BCUT2D eigenvalue weighted by molar-refractivity contribution is -0.151. The van der Waals surface area contributed by atoms with Gasteiger partial charge in [0.1, 0.15) is 5.54 Å². The number of nitrogens with zero attached hydrogens (tertiary/aromatic N) is 2. The second kappa shape index (κ2) is 9.28. The van der Waals surface area contributed by atoms with Gasteiger partial charge in [0.15, 0.2) is 0 Å². The molecule has 0 radical (unpaired) electrons. The summed E-state index contributed by atoms with van der Waals surface area (Å²) in [6.45, 7) is 9.65. The van der Waals surface area contributed by atoms with Gasteiger partial charge in [-0.15, -0.1) is 0 Å². The first-order valence-corrected chi connectivity index (χ1v) is 7.11. The molecule has 0 aliphatic heterocycles. The Morgan fingerprint density at radius 2 is 1.84 bits per heavy atom. The average molecular weight is 273 g/mol. The van der Waals surface area contributed by atoms with Gasteiger partial charge in [-0.2, -0.15) is 0 Å². The van der Waals surface area contributed by atoms with Crippen LogP contribution in [0.15, 0.2) is 0 Å². The van der Waals surface area contributed by atoms with Crippen LogP contribution in [-0.4, -0.2) is 75.2 Å². The molecule has 1 N–H and O–H groups in total. The number of hydrogen-bond donors (Lipinski definition) is 1. The van der Waals surface area contributed by atoms with E-state index < -0.39 is 5.54 Å². The first kappa shape index (κ1) is 18.4. The zero-order chi connectivity index (χ0) is 14.9. The molecule has 5 nitrogen and oxygen atoms in total. The summed E-state index contributed by atoms with van der Waals surface area (Å²) in [5, 5.41) is 3.32. The van der Waals surface area contributed by atoms with E-state index in [9.17, 15) is 4.79 Å². The Morgan fingerprint density at radius 3 is 2.32 bits per heavy atom. The predicted molar refractivity (Wildman–Crippen MR) is 79.4 cm³/mol. The van der Waals surface area contributed by atoms with Crippen molar-refractivity contribution in [1.29, 1.82) is 0 Å². The Hall–Kier alpha value is -0.650. The lowest BCUT2D eigenvalue weighted by Gasteiger charge is -2.33. The Labute approximate surface area is 118 Å². The van der Waals surface area contributed by atoms with E-state index in [1.807, 2.05) is 35.0 Å². The maximum Gasteiger partial charge on any atom is 0.327 e. The molecule has 0 saturated carbocycles. The second-order valence-corrected chi connectivity index (χ2v) is 5.52. The van der Waals surface area contributed by atoms with Gasteiger partial charge in [-0.1, -0.05) is 6.92 Å². The van der Waals surface area contributed by atoms with Crippen molar-refractivity contribution in [2.24, 2.45) is 0 Å². The van der Waals surface area contributed by atoms with Crippen molar-refractivity contribution in [3.63, 3.8) is 0 Å². The smallest absolute Gasteiger partial charge is 0.327 e. The van der Waals surface area contributed by atoms with E-state index in [1.54, 1.807) is 0 Å². The highest BCUT2D eigenvalue weighted by molar-refractivity contribution is 5.80. The van der Waals surface area contributed by atoms with Crippen molar-refractivity contribution in [2.75, 3.05) is 53.9 Å². The first-order valence-electron chi connectivity index (χ1n) is 7.11. The summed E-state index contributed by atoms with van der Waals surface area (Å²) in [5.41, 5.74) is -0.632. The minimum Gasteiger partial charge on any atom is -0.465 e. The lowest BCUT2D eigenvalue weighted by atomic mass is 10.0. The van der Waals surface area contributed by atoms with Gasteiger partial charge in [-0.05, 0) is 48.0 Å². The summed E-state index contributed by atoms with van der Waals surface area (Å²) in [4.78, 5) is 16.4. The Balaban J connectivity index is 4.51. The Bertz CT molecular complexity index is 259. The number of rotatable bonds is 10. The maximum atomic E-state index is 12.1. The van der Waals surface area contributed by atoms with E-state index in [4.69, 9.17) is 4.74 Å². The average Bonchev–Trinajstić information content (AvgIpc) is 2.34. The van der Waals surface area contributed by atoms with E-state index in [-0.39, 0.29) is 5.97 Å².